The molecule has 0 bridgehead atoms. The highest BCUT2D eigenvalue weighted by Crippen LogP contribution is 2.30. The number of nitrogens with zero attached hydrogens (tertiary/aromatic N) is 1. The predicted molar refractivity (Wildman–Crippen MR) is 147 cm³/mol. The molecule has 0 radical (unpaired) electrons. The lowest BCUT2D eigenvalue weighted by molar-refractivity contribution is -0.115. The Bertz CT molecular complexity index is 1400. The van der Waals surface area contributed by atoms with Crippen LogP contribution < -0.4 is 16.4 Å². The van der Waals surface area contributed by atoms with Crippen molar-refractivity contribution in [3.05, 3.63) is 94.3 Å². The summed E-state index contributed by atoms with van der Waals surface area (Å²) in [6.45, 7) is 4.34. The monoisotopic (exact) mass is 518 g/mol. The highest BCUT2D eigenvalue weighted by atomic mass is 35.5. The molecule has 0 saturated heterocycles. The van der Waals surface area contributed by atoms with E-state index >= 15 is 0 Å². The summed E-state index contributed by atoms with van der Waals surface area (Å²) in [5, 5.41) is 8.45. The van der Waals surface area contributed by atoms with Crippen LogP contribution in [0.25, 0.3) is 22.4 Å². The molecule has 4 rings (SSSR count). The number of aromatic nitrogens is 1. The number of carbonyl (C=O) groups is 2. The number of carbonyl (C=O) groups excluding carboxylic acids is 2. The third-order valence-corrected chi connectivity index (χ3v) is 6.89. The van der Waals surface area contributed by atoms with Crippen LogP contribution in [0.4, 0.5) is 5.13 Å². The van der Waals surface area contributed by atoms with Crippen LogP contribution in [0.2, 0.25) is 5.02 Å². The van der Waals surface area contributed by atoms with Gasteiger partial charge in [0, 0.05) is 33.5 Å². The zero-order chi connectivity index (χ0) is 25.7. The minimum atomic E-state index is -0.352. The molecule has 1 aromatic heterocycles. The van der Waals surface area contributed by atoms with Crippen LogP contribution in [-0.4, -0.2) is 29.9 Å². The number of nitrogens with two attached hydrogens (primary N) is 1. The average molecular weight is 519 g/mol. The number of halogens is 1. The topological polar surface area (TPSA) is 97.1 Å². The van der Waals surface area contributed by atoms with Crippen LogP contribution in [0.15, 0.2) is 78.2 Å². The van der Waals surface area contributed by atoms with Crippen LogP contribution in [0.3, 0.4) is 0 Å². The number of thiazole rings is 1. The van der Waals surface area contributed by atoms with E-state index in [1.165, 1.54) is 11.3 Å². The summed E-state index contributed by atoms with van der Waals surface area (Å²) in [4.78, 5) is 29.6. The van der Waals surface area contributed by atoms with Gasteiger partial charge in [-0.25, -0.2) is 4.98 Å². The van der Waals surface area contributed by atoms with Crippen LogP contribution >= 0.6 is 22.9 Å². The molecule has 0 unspecified atom stereocenters. The Morgan fingerprint density at radius 2 is 1.67 bits per heavy atom. The summed E-state index contributed by atoms with van der Waals surface area (Å²) in [6, 6.07) is 22.9. The fourth-order valence-electron chi connectivity index (χ4n) is 3.62. The van der Waals surface area contributed by atoms with E-state index in [9.17, 15) is 9.59 Å². The molecule has 4 N–H and O–H groups in total. The molecule has 2 amide bonds. The lowest BCUT2D eigenvalue weighted by atomic mass is 9.84. The summed E-state index contributed by atoms with van der Waals surface area (Å²) in [7, 11) is 0. The van der Waals surface area contributed by atoms with Crippen molar-refractivity contribution in [1.29, 1.82) is 0 Å². The van der Waals surface area contributed by atoms with Gasteiger partial charge in [0.2, 0.25) is 5.91 Å². The maximum absolute atomic E-state index is 12.6. The first-order valence-corrected chi connectivity index (χ1v) is 12.7. The second-order valence-electron chi connectivity index (χ2n) is 9.03. The van der Waals surface area contributed by atoms with E-state index < -0.39 is 0 Å². The normalized spacial score (nSPS) is 11.2. The molecule has 0 aliphatic rings. The summed E-state index contributed by atoms with van der Waals surface area (Å²) < 4.78 is 0. The average Bonchev–Trinajstić information content (AvgIpc) is 3.36. The second-order valence-corrected chi connectivity index (χ2v) is 10.3. The molecule has 3 aromatic carbocycles. The molecular weight excluding hydrogens is 492 g/mol. The van der Waals surface area contributed by atoms with E-state index in [2.05, 4.69) is 15.6 Å². The Balaban J connectivity index is 1.37. The fourth-order valence-corrected chi connectivity index (χ4v) is 4.54. The Morgan fingerprint density at radius 1 is 0.972 bits per heavy atom. The molecule has 8 heteroatoms. The van der Waals surface area contributed by atoms with Crippen LogP contribution in [-0.2, 0) is 10.2 Å². The predicted octanol–water partition coefficient (Wildman–Crippen LogP) is 5.74. The zero-order valence-electron chi connectivity index (χ0n) is 20.0. The van der Waals surface area contributed by atoms with Gasteiger partial charge in [-0.05, 0) is 47.0 Å². The Hall–Kier alpha value is -3.52. The standard InChI is InChI=1S/C28H27ClN4O2S/c1-28(2,17-30)22-10-4-9-21(13-22)26(35)31-15-25(34)33-27-32-24(16-36-27)20-8-3-6-18(12-20)19-7-5-11-23(29)14-19/h3-14,16H,15,17,30H2,1-2H3,(H,31,35)(H,32,33,34). The van der Waals surface area contributed by atoms with E-state index in [-0.39, 0.29) is 23.8 Å². The SMILES string of the molecule is CC(C)(CN)c1cccc(C(=O)NCC(=O)Nc2nc(-c3cccc(-c4cccc(Cl)c4)c3)cs2)c1. The van der Waals surface area contributed by atoms with Gasteiger partial charge in [-0.3, -0.25) is 9.59 Å². The third kappa shape index (κ3) is 6.18. The number of rotatable bonds is 8. The first-order chi connectivity index (χ1) is 17.2. The van der Waals surface area contributed by atoms with Gasteiger partial charge in [-0.2, -0.15) is 0 Å². The molecule has 184 valence electrons. The van der Waals surface area contributed by atoms with Gasteiger partial charge >= 0.3 is 0 Å². The van der Waals surface area contributed by atoms with Crippen molar-refractivity contribution in [3.63, 3.8) is 0 Å². The number of benzene rings is 3. The van der Waals surface area contributed by atoms with Crippen LogP contribution in [0.5, 0.6) is 0 Å². The molecule has 4 aromatic rings. The maximum Gasteiger partial charge on any atom is 0.251 e. The van der Waals surface area contributed by atoms with Gasteiger partial charge in [-0.1, -0.05) is 67.9 Å². The molecule has 1 heterocycles. The molecular formula is C28H27ClN4O2S. The van der Waals surface area contributed by atoms with E-state index in [4.69, 9.17) is 17.3 Å². The van der Waals surface area contributed by atoms with E-state index in [1.54, 1.807) is 6.07 Å². The van der Waals surface area contributed by atoms with Crippen molar-refractivity contribution >= 4 is 39.9 Å². The molecule has 0 aliphatic carbocycles. The second kappa shape index (κ2) is 11.0. The molecule has 0 aliphatic heterocycles. The van der Waals surface area contributed by atoms with E-state index in [0.717, 1.165) is 27.9 Å². The Kier molecular flexibility index (Phi) is 7.84. The van der Waals surface area contributed by atoms with Crippen molar-refractivity contribution in [1.82, 2.24) is 10.3 Å². The Labute approximate surface area is 219 Å². The molecule has 0 fully saturated rings. The van der Waals surface area contributed by atoms with Crippen LogP contribution in [0.1, 0.15) is 29.8 Å². The van der Waals surface area contributed by atoms with Gasteiger partial charge in [0.1, 0.15) is 0 Å². The lowest BCUT2D eigenvalue weighted by Gasteiger charge is -2.23. The minimum Gasteiger partial charge on any atom is -0.343 e. The lowest BCUT2D eigenvalue weighted by Crippen LogP contribution is -2.33. The maximum atomic E-state index is 12.6. The Morgan fingerprint density at radius 3 is 2.42 bits per heavy atom. The molecule has 6 nitrogen and oxygen atoms in total. The summed E-state index contributed by atoms with van der Waals surface area (Å²) >= 11 is 7.46. The number of hydrogen-bond acceptors (Lipinski definition) is 5. The summed E-state index contributed by atoms with van der Waals surface area (Å²) in [5.74, 6) is -0.673. The smallest absolute Gasteiger partial charge is 0.251 e. The fraction of sp³-hybridized carbons (Fsp3) is 0.179. The third-order valence-electron chi connectivity index (χ3n) is 5.89. The van der Waals surface area contributed by atoms with Crippen LogP contribution in [0, 0.1) is 0 Å². The first-order valence-electron chi connectivity index (χ1n) is 11.5. The quantitative estimate of drug-likeness (QED) is 0.277. The molecule has 36 heavy (non-hydrogen) atoms. The number of anilines is 1. The van der Waals surface area contributed by atoms with Crippen molar-refractivity contribution in [2.75, 3.05) is 18.4 Å². The first kappa shape index (κ1) is 25.6. The minimum absolute atomic E-state index is 0.164. The zero-order valence-corrected chi connectivity index (χ0v) is 21.6. The molecule has 0 spiro atoms. The van der Waals surface area contributed by atoms with Gasteiger partial charge in [0.05, 0.1) is 12.2 Å². The van der Waals surface area contributed by atoms with E-state index in [1.807, 2.05) is 86.0 Å². The van der Waals surface area contributed by atoms with Crippen molar-refractivity contribution in [2.24, 2.45) is 5.73 Å². The van der Waals surface area contributed by atoms with Gasteiger partial charge in [0.25, 0.3) is 5.91 Å². The highest BCUT2D eigenvalue weighted by molar-refractivity contribution is 7.14. The van der Waals surface area contributed by atoms with Gasteiger partial charge in [-0.15, -0.1) is 11.3 Å². The number of amides is 2. The van der Waals surface area contributed by atoms with E-state index in [0.29, 0.717) is 22.3 Å². The molecule has 0 atom stereocenters. The van der Waals surface area contributed by atoms with Crippen molar-refractivity contribution < 1.29 is 9.59 Å². The van der Waals surface area contributed by atoms with Gasteiger partial charge < -0.3 is 16.4 Å². The highest BCUT2D eigenvalue weighted by Gasteiger charge is 2.20. The van der Waals surface area contributed by atoms with Gasteiger partial charge in [0.15, 0.2) is 5.13 Å². The van der Waals surface area contributed by atoms with Crippen molar-refractivity contribution in [2.45, 2.75) is 19.3 Å². The number of hydrogen-bond donors (Lipinski definition) is 3. The summed E-state index contributed by atoms with van der Waals surface area (Å²) in [6.07, 6.45) is 0. The molecule has 0 saturated carbocycles. The number of nitrogens with one attached hydrogen (secondary N) is 2. The largest absolute Gasteiger partial charge is 0.343 e. The van der Waals surface area contributed by atoms with Crippen molar-refractivity contribution in [3.8, 4) is 22.4 Å². The summed E-state index contributed by atoms with van der Waals surface area (Å²) in [5.41, 5.74) is 10.8.